The van der Waals surface area contributed by atoms with Crippen molar-refractivity contribution in [2.75, 3.05) is 7.11 Å². The number of amides is 3. The van der Waals surface area contributed by atoms with Crippen LogP contribution in [0.3, 0.4) is 0 Å². The first-order chi connectivity index (χ1) is 29.6. The Labute approximate surface area is 358 Å². The van der Waals surface area contributed by atoms with Crippen molar-refractivity contribution in [3.63, 3.8) is 0 Å². The highest BCUT2D eigenvalue weighted by Gasteiger charge is 2.22. The first kappa shape index (κ1) is 42.6. The molecule has 62 heavy (non-hydrogen) atoms. The number of carbonyl (C=O) groups excluding carboxylic acids is 3. The average Bonchev–Trinajstić information content (AvgIpc) is 3.98. The summed E-state index contributed by atoms with van der Waals surface area (Å²) in [5.41, 5.74) is 15.7. The van der Waals surface area contributed by atoms with E-state index >= 15 is 0 Å². The third-order valence-corrected chi connectivity index (χ3v) is 11.0. The number of nitrogens with zero attached hydrogens (tertiary/aromatic N) is 10. The largest absolute Gasteiger partial charge is 0.497 e. The molecule has 4 aromatic heterocycles. The van der Waals surface area contributed by atoms with Gasteiger partial charge in [-0.05, 0) is 101 Å². The van der Waals surface area contributed by atoms with E-state index in [0.717, 1.165) is 33.3 Å². The number of imidazole rings is 2. The lowest BCUT2D eigenvalue weighted by Gasteiger charge is -2.15. The monoisotopic (exact) mass is 837 g/mol. The molecule has 0 fully saturated rings. The van der Waals surface area contributed by atoms with Gasteiger partial charge < -0.3 is 33.5 Å². The van der Waals surface area contributed by atoms with Crippen molar-refractivity contribution in [3.8, 4) is 11.5 Å². The minimum Gasteiger partial charge on any atom is -0.497 e. The number of nitrogens with two attached hydrogens (primary N) is 1. The number of hydrogen-bond acceptors (Lipinski definition) is 7. The highest BCUT2D eigenvalue weighted by Crippen LogP contribution is 2.30. The predicted octanol–water partition coefficient (Wildman–Crippen LogP) is 5.92. The molecule has 0 saturated heterocycles. The van der Waals surface area contributed by atoms with Gasteiger partial charge in [-0.1, -0.05) is 35.9 Å². The number of methoxy groups -OCH3 is 1. The highest BCUT2D eigenvalue weighted by atomic mass is 16.5. The Kier molecular flexibility index (Phi) is 11.9. The van der Waals surface area contributed by atoms with Gasteiger partial charge in [-0.3, -0.25) is 19.1 Å². The van der Waals surface area contributed by atoms with Gasteiger partial charge in [0.1, 0.15) is 35.0 Å². The van der Waals surface area contributed by atoms with Crippen LogP contribution in [-0.2, 0) is 40.3 Å². The van der Waals surface area contributed by atoms with E-state index in [1.165, 1.54) is 10.9 Å². The summed E-state index contributed by atoms with van der Waals surface area (Å²) < 4.78 is 22.5. The average molecular weight is 838 g/mol. The maximum Gasteiger partial charge on any atom is 0.298 e. The number of primary amides is 1. The molecule has 16 heteroatoms. The number of allylic oxidation sites excluding steroid dienone is 2. The molecular weight excluding hydrogens is 787 g/mol. The number of fused-ring (bicyclic) bond motifs is 2. The molecule has 2 N–H and O–H groups in total. The number of aromatic nitrogens is 8. The zero-order chi connectivity index (χ0) is 44.6. The van der Waals surface area contributed by atoms with Gasteiger partial charge in [0.2, 0.25) is 17.1 Å². The Morgan fingerprint density at radius 2 is 1.39 bits per heavy atom. The number of carbonyl (C=O) groups is 3. The van der Waals surface area contributed by atoms with Crippen LogP contribution < -0.4 is 26.4 Å². The van der Waals surface area contributed by atoms with Gasteiger partial charge >= 0.3 is 0 Å². The van der Waals surface area contributed by atoms with Crippen LogP contribution in [0.1, 0.15) is 74.6 Å². The van der Waals surface area contributed by atoms with Crippen LogP contribution in [0, 0.1) is 20.8 Å². The van der Waals surface area contributed by atoms with Gasteiger partial charge in [0.05, 0.1) is 35.0 Å². The molecule has 0 unspecified atom stereocenters. The van der Waals surface area contributed by atoms with Crippen LogP contribution in [-0.4, -0.2) is 62.7 Å². The summed E-state index contributed by atoms with van der Waals surface area (Å²) in [5, 5.41) is 8.83. The van der Waals surface area contributed by atoms with E-state index in [1.54, 1.807) is 47.7 Å². The van der Waals surface area contributed by atoms with Crippen LogP contribution in [0.2, 0.25) is 0 Å². The van der Waals surface area contributed by atoms with Gasteiger partial charge in [-0.15, -0.1) is 0 Å². The van der Waals surface area contributed by atoms with Gasteiger partial charge in [0.25, 0.3) is 11.8 Å². The van der Waals surface area contributed by atoms with E-state index in [2.05, 4.69) is 27.8 Å². The summed E-state index contributed by atoms with van der Waals surface area (Å²) >= 11 is 0. The second kappa shape index (κ2) is 17.2. The first-order valence-electron chi connectivity index (χ1n) is 20.1. The summed E-state index contributed by atoms with van der Waals surface area (Å²) in [6, 6.07) is 20.3. The van der Waals surface area contributed by atoms with E-state index in [-0.39, 0.29) is 18.7 Å². The number of rotatable bonds is 13. The molecule has 0 atom stereocenters. The van der Waals surface area contributed by atoms with E-state index in [9.17, 15) is 14.4 Å². The third kappa shape index (κ3) is 8.18. The Balaban J connectivity index is 1.40. The quantitative estimate of drug-likeness (QED) is 0.140. The Hall–Kier alpha value is -7.49. The smallest absolute Gasteiger partial charge is 0.298 e. The normalized spacial score (nSPS) is 12.7. The number of hydrogen-bond donors (Lipinski definition) is 1. The lowest BCUT2D eigenvalue weighted by Crippen LogP contribution is -2.28. The molecule has 0 aliphatic carbocycles. The molecule has 0 spiro atoms. The lowest BCUT2D eigenvalue weighted by molar-refractivity contribution is 0.0979. The molecule has 0 saturated carbocycles. The summed E-state index contributed by atoms with van der Waals surface area (Å²) in [7, 11) is 5.28. The number of benzene rings is 3. The molecule has 7 rings (SSSR count). The summed E-state index contributed by atoms with van der Waals surface area (Å²) in [6.07, 6.45) is 1.48. The molecule has 320 valence electrons. The highest BCUT2D eigenvalue weighted by molar-refractivity contribution is 5.99. The fourth-order valence-electron chi connectivity index (χ4n) is 7.56. The Morgan fingerprint density at radius 1 is 0.774 bits per heavy atom. The van der Waals surface area contributed by atoms with Crippen molar-refractivity contribution >= 4 is 46.0 Å². The van der Waals surface area contributed by atoms with E-state index < -0.39 is 17.7 Å². The van der Waals surface area contributed by atoms with E-state index in [1.807, 2.05) is 98.7 Å². The van der Waals surface area contributed by atoms with Gasteiger partial charge in [0.15, 0.2) is 0 Å². The molecular formula is C46H51N11O5. The minimum absolute atomic E-state index is 0.166. The first-order valence-corrected chi connectivity index (χ1v) is 20.1. The fraction of sp³-hybridized carbons (Fsp3) is 0.283. The molecule has 0 aliphatic heterocycles. The third-order valence-electron chi connectivity index (χ3n) is 11.0. The zero-order valence-corrected chi connectivity index (χ0v) is 36.6. The van der Waals surface area contributed by atoms with Crippen LogP contribution >= 0.6 is 0 Å². The molecule has 16 nitrogen and oxygen atoms in total. The maximum atomic E-state index is 14.1. The van der Waals surface area contributed by atoms with Crippen LogP contribution in [0.15, 0.2) is 94.4 Å². The van der Waals surface area contributed by atoms with Crippen LogP contribution in [0.25, 0.3) is 28.3 Å². The number of ether oxygens (including phenoxy) is 2. The van der Waals surface area contributed by atoms with Gasteiger partial charge in [-0.25, -0.2) is 4.68 Å². The van der Waals surface area contributed by atoms with Gasteiger partial charge in [0, 0.05) is 45.5 Å². The van der Waals surface area contributed by atoms with Crippen molar-refractivity contribution in [2.24, 2.45) is 29.8 Å². The fourth-order valence-corrected chi connectivity index (χ4v) is 7.56. The van der Waals surface area contributed by atoms with Crippen molar-refractivity contribution < 1.29 is 23.9 Å². The Morgan fingerprint density at radius 3 is 2.03 bits per heavy atom. The Bertz CT molecular complexity index is 3110. The van der Waals surface area contributed by atoms with Crippen LogP contribution in [0.4, 0.5) is 0 Å². The van der Waals surface area contributed by atoms with Crippen LogP contribution in [0.5, 0.6) is 11.5 Å². The minimum atomic E-state index is -0.635. The van der Waals surface area contributed by atoms with Crippen molar-refractivity contribution in [2.45, 2.75) is 67.8 Å². The molecule has 7 aromatic rings. The molecule has 0 bridgehead atoms. The lowest BCUT2D eigenvalue weighted by atomic mass is 10.1. The molecule has 0 radical (unpaired) electrons. The summed E-state index contributed by atoms with van der Waals surface area (Å²) in [6.45, 7) is 16.7. The topological polar surface area (TPSA) is 176 Å². The number of aryl methyl sites for hydroxylation is 6. The zero-order valence-electron chi connectivity index (χ0n) is 36.6. The van der Waals surface area contributed by atoms with E-state index in [0.29, 0.717) is 69.6 Å². The maximum absolute atomic E-state index is 14.1. The standard InChI is InChI=1S/C46H51N11O5/c1-11-56-38(20-30(6)50-56)43(59)48-45-52(8)36-19-27(3)13-18-35(36)54(45)24-28(4)29(5)25-55-41-37(53(9)46(55)49-44(60)39-21-31(7)51-57(39)12-2)22-33(42(47)58)23-40(41)62-26-32-14-16-34(61-10)17-15-32/h11,13-23H,1,12,24-26H2,2-10H3,(H2,47,58)/b29-28+,48-45?,49-46?. The second-order valence-corrected chi connectivity index (χ2v) is 15.4. The van der Waals surface area contributed by atoms with E-state index in [4.69, 9.17) is 20.2 Å². The summed E-state index contributed by atoms with van der Waals surface area (Å²) in [4.78, 5) is 50.0. The molecule has 0 aliphatic rings. The van der Waals surface area contributed by atoms with Crippen molar-refractivity contribution in [1.82, 2.24) is 37.8 Å². The predicted molar refractivity (Wildman–Crippen MR) is 237 cm³/mol. The summed E-state index contributed by atoms with van der Waals surface area (Å²) in [5.74, 6) is -0.487. The molecule has 4 heterocycles. The second-order valence-electron chi connectivity index (χ2n) is 15.4. The van der Waals surface area contributed by atoms with Gasteiger partial charge in [-0.2, -0.15) is 20.2 Å². The van der Waals surface area contributed by atoms with Crippen molar-refractivity contribution in [3.05, 3.63) is 135 Å². The molecule has 3 aromatic carbocycles. The SMILES string of the molecule is C=Cn1nc(C)cc1C(=O)N=c1n(C)c2cc(C)ccc2n1C/C(C)=C(\C)Cn1c(=NC(=O)c2cc(C)nn2CC)n(C)c2cc(C(N)=O)cc(OCc3ccc(OC)cc3)c21. The van der Waals surface area contributed by atoms with Crippen molar-refractivity contribution in [1.29, 1.82) is 0 Å². The molecule has 3 amide bonds.